The molecule has 4 heterocycles. The van der Waals surface area contributed by atoms with E-state index in [1.807, 2.05) is 0 Å². The van der Waals surface area contributed by atoms with Crippen molar-refractivity contribution in [2.45, 2.75) is 10.4 Å². The van der Waals surface area contributed by atoms with Gasteiger partial charge in [-0.15, -0.1) is 5.10 Å². The number of hydrogen-bond donors (Lipinski definition) is 1. The molecule has 32 heavy (non-hydrogen) atoms. The second-order valence-electron chi connectivity index (χ2n) is 7.39. The average molecular weight is 506 g/mol. The molecule has 2 amide bonds. The van der Waals surface area contributed by atoms with E-state index in [2.05, 4.69) is 10.4 Å². The zero-order valence-electron chi connectivity index (χ0n) is 16.1. The Morgan fingerprint density at radius 1 is 1.09 bits per heavy atom. The molecule has 1 spiro atoms. The van der Waals surface area contributed by atoms with Gasteiger partial charge in [0.2, 0.25) is 5.76 Å². The number of aromatic nitrogens is 2. The summed E-state index contributed by atoms with van der Waals surface area (Å²) in [5.74, 6) is -0.657. The predicted octanol–water partition coefficient (Wildman–Crippen LogP) is 4.97. The van der Waals surface area contributed by atoms with Crippen LogP contribution in [0.4, 0.5) is 11.4 Å². The highest BCUT2D eigenvalue weighted by Gasteiger charge is 2.64. The molecule has 0 aliphatic carbocycles. The number of carbonyl (C=O) groups excluding carboxylic acids is 2. The van der Waals surface area contributed by atoms with Gasteiger partial charge in [-0.05, 0) is 30.3 Å². The van der Waals surface area contributed by atoms with Gasteiger partial charge in [0.15, 0.2) is 5.54 Å². The number of carbonyl (C=O) groups is 2. The van der Waals surface area contributed by atoms with Gasteiger partial charge in [-0.2, -0.15) is 0 Å². The van der Waals surface area contributed by atoms with Crippen LogP contribution < -0.4 is 15.0 Å². The minimum atomic E-state index is -1.52. The third-order valence-corrected chi connectivity index (χ3v) is 7.86. The van der Waals surface area contributed by atoms with Crippen LogP contribution >= 0.6 is 46.6 Å². The SMILES string of the molecule is Cn1nc2c(c1Cl)SC1=C(O2)C(=O)N(c2cccc(Cl)c2)C12C(=O)Nc1cc(Cl)ccc12. The first-order chi connectivity index (χ1) is 15.3. The van der Waals surface area contributed by atoms with E-state index in [0.29, 0.717) is 41.9 Å². The highest BCUT2D eigenvalue weighted by atomic mass is 35.5. The van der Waals surface area contributed by atoms with E-state index in [1.54, 1.807) is 49.5 Å². The third-order valence-electron chi connectivity index (χ3n) is 5.59. The molecule has 3 aliphatic rings. The number of hydrogen-bond acceptors (Lipinski definition) is 5. The monoisotopic (exact) mass is 504 g/mol. The summed E-state index contributed by atoms with van der Waals surface area (Å²) in [4.78, 5) is 29.8. The second kappa shape index (κ2) is 6.68. The zero-order valence-corrected chi connectivity index (χ0v) is 19.2. The Labute approximate surface area is 200 Å². The first-order valence-electron chi connectivity index (χ1n) is 9.37. The molecule has 1 atom stereocenters. The van der Waals surface area contributed by atoms with Gasteiger partial charge >= 0.3 is 0 Å². The minimum Gasteiger partial charge on any atom is -0.430 e. The summed E-state index contributed by atoms with van der Waals surface area (Å²) in [7, 11) is 1.67. The highest BCUT2D eigenvalue weighted by Crippen LogP contribution is 2.60. The Hall–Kier alpha value is -2.65. The Morgan fingerprint density at radius 3 is 2.66 bits per heavy atom. The fourth-order valence-corrected chi connectivity index (χ4v) is 6.13. The minimum absolute atomic E-state index is 0.0233. The maximum atomic E-state index is 13.7. The fourth-order valence-electron chi connectivity index (χ4n) is 4.28. The molecule has 11 heteroatoms. The van der Waals surface area contributed by atoms with Crippen molar-refractivity contribution in [3.05, 3.63) is 73.9 Å². The van der Waals surface area contributed by atoms with Gasteiger partial charge in [0.25, 0.3) is 17.7 Å². The number of thioether (sulfide) groups is 1. The summed E-state index contributed by atoms with van der Waals surface area (Å²) in [6.45, 7) is 0. The topological polar surface area (TPSA) is 76.5 Å². The lowest BCUT2D eigenvalue weighted by Crippen LogP contribution is -2.50. The van der Waals surface area contributed by atoms with Crippen molar-refractivity contribution in [3.63, 3.8) is 0 Å². The number of amides is 2. The lowest BCUT2D eigenvalue weighted by atomic mass is 9.90. The van der Waals surface area contributed by atoms with Crippen LogP contribution in [0.5, 0.6) is 5.88 Å². The normalized spacial score (nSPS) is 20.9. The Kier molecular flexibility index (Phi) is 4.17. The fraction of sp³-hybridized carbons (Fsp3) is 0.0952. The largest absolute Gasteiger partial charge is 0.430 e. The Balaban J connectivity index is 1.65. The van der Waals surface area contributed by atoms with Crippen molar-refractivity contribution < 1.29 is 14.3 Å². The molecular weight excluding hydrogens is 495 g/mol. The van der Waals surface area contributed by atoms with Crippen molar-refractivity contribution in [1.29, 1.82) is 0 Å². The van der Waals surface area contributed by atoms with Crippen molar-refractivity contribution in [3.8, 4) is 5.88 Å². The molecule has 7 nitrogen and oxygen atoms in total. The van der Waals surface area contributed by atoms with Crippen LogP contribution in [-0.2, 0) is 22.2 Å². The van der Waals surface area contributed by atoms with Gasteiger partial charge in [0.1, 0.15) is 10.0 Å². The van der Waals surface area contributed by atoms with E-state index in [-0.39, 0.29) is 11.6 Å². The van der Waals surface area contributed by atoms with Gasteiger partial charge in [0, 0.05) is 34.0 Å². The summed E-state index contributed by atoms with van der Waals surface area (Å²) < 4.78 is 7.39. The summed E-state index contributed by atoms with van der Waals surface area (Å²) in [6.07, 6.45) is 0. The van der Waals surface area contributed by atoms with Crippen LogP contribution in [0.1, 0.15) is 5.56 Å². The van der Waals surface area contributed by atoms with Gasteiger partial charge in [-0.25, -0.2) is 0 Å². The van der Waals surface area contributed by atoms with Crippen molar-refractivity contribution in [2.24, 2.45) is 7.05 Å². The Morgan fingerprint density at radius 2 is 1.88 bits per heavy atom. The number of halogens is 3. The molecule has 0 bridgehead atoms. The van der Waals surface area contributed by atoms with E-state index in [1.165, 1.54) is 21.3 Å². The first-order valence-corrected chi connectivity index (χ1v) is 11.3. The molecule has 1 N–H and O–H groups in total. The maximum absolute atomic E-state index is 13.7. The van der Waals surface area contributed by atoms with E-state index in [0.717, 1.165) is 0 Å². The predicted molar refractivity (Wildman–Crippen MR) is 122 cm³/mol. The van der Waals surface area contributed by atoms with E-state index >= 15 is 0 Å². The van der Waals surface area contributed by atoms with E-state index < -0.39 is 17.4 Å². The van der Waals surface area contributed by atoms with E-state index in [9.17, 15) is 9.59 Å². The summed E-state index contributed by atoms with van der Waals surface area (Å²) in [5.41, 5.74) is 0.0198. The number of nitrogens with zero attached hydrogens (tertiary/aromatic N) is 3. The lowest BCUT2D eigenvalue weighted by molar-refractivity contribution is -0.123. The van der Waals surface area contributed by atoms with Crippen LogP contribution in [0.25, 0.3) is 0 Å². The number of rotatable bonds is 1. The molecule has 1 aromatic heterocycles. The highest BCUT2D eigenvalue weighted by molar-refractivity contribution is 8.03. The molecule has 3 aliphatic heterocycles. The standard InChI is InChI=1S/C21H11Cl3N4O3S/c1-27-17(24)15-18(26-27)31-14-16(32-15)21(12-6-5-10(23)8-13(12)25-20(21)30)28(19(14)29)11-4-2-3-9(22)7-11/h2-8H,1H3,(H,25,30). The third kappa shape index (κ3) is 2.43. The van der Waals surface area contributed by atoms with Gasteiger partial charge in [0.05, 0.1) is 4.91 Å². The van der Waals surface area contributed by atoms with Gasteiger partial charge in [-0.1, -0.05) is 58.7 Å². The number of nitrogens with one attached hydrogen (secondary N) is 1. The molecular formula is C21H11Cl3N4O3S. The molecule has 160 valence electrons. The van der Waals surface area contributed by atoms with Crippen molar-refractivity contribution >= 4 is 69.8 Å². The summed E-state index contributed by atoms with van der Waals surface area (Å²) in [5, 5.41) is 8.34. The molecule has 0 saturated heterocycles. The van der Waals surface area contributed by atoms with Crippen LogP contribution in [0, 0.1) is 0 Å². The molecule has 0 fully saturated rings. The number of fused-ring (bicyclic) bond motifs is 4. The average Bonchev–Trinajstić information content (AvgIpc) is 3.29. The number of benzene rings is 2. The summed E-state index contributed by atoms with van der Waals surface area (Å²) in [6, 6.07) is 11.8. The lowest BCUT2D eigenvalue weighted by Gasteiger charge is -2.35. The zero-order chi connectivity index (χ0) is 22.4. The van der Waals surface area contributed by atoms with E-state index in [4.69, 9.17) is 39.5 Å². The number of aryl methyl sites for hydroxylation is 1. The molecule has 6 rings (SSSR count). The molecule has 3 aromatic rings. The molecule has 0 saturated carbocycles. The van der Waals surface area contributed by atoms with Crippen LogP contribution in [0.3, 0.4) is 0 Å². The van der Waals surface area contributed by atoms with Crippen molar-refractivity contribution in [2.75, 3.05) is 10.2 Å². The van der Waals surface area contributed by atoms with Gasteiger partial charge in [-0.3, -0.25) is 19.2 Å². The molecule has 0 radical (unpaired) electrons. The molecule has 1 unspecified atom stereocenters. The quantitative estimate of drug-likeness (QED) is 0.505. The van der Waals surface area contributed by atoms with Crippen LogP contribution in [-0.4, -0.2) is 21.6 Å². The Bertz CT molecular complexity index is 1420. The second-order valence-corrected chi connectivity index (χ2v) is 9.64. The molecule has 2 aromatic carbocycles. The maximum Gasteiger partial charge on any atom is 0.296 e. The van der Waals surface area contributed by atoms with Crippen LogP contribution in [0.2, 0.25) is 15.2 Å². The van der Waals surface area contributed by atoms with Crippen molar-refractivity contribution in [1.82, 2.24) is 9.78 Å². The smallest absolute Gasteiger partial charge is 0.296 e. The number of ether oxygens (including phenoxy) is 1. The number of anilines is 2. The first kappa shape index (κ1) is 20.0. The van der Waals surface area contributed by atoms with Crippen LogP contribution in [0.15, 0.2) is 58.0 Å². The van der Waals surface area contributed by atoms with Gasteiger partial charge < -0.3 is 10.1 Å². The summed E-state index contributed by atoms with van der Waals surface area (Å²) >= 11 is 20.0.